The van der Waals surface area contributed by atoms with Gasteiger partial charge in [-0.3, -0.25) is 0 Å². The van der Waals surface area contributed by atoms with E-state index in [4.69, 9.17) is 4.74 Å². The minimum absolute atomic E-state index is 0.288. The first-order valence-electron chi connectivity index (χ1n) is 8.50. The molecule has 0 aromatic heterocycles. The number of hydrogen-bond donors (Lipinski definition) is 2. The van der Waals surface area contributed by atoms with E-state index in [2.05, 4.69) is 43.4 Å². The number of amides is 1. The van der Waals surface area contributed by atoms with Gasteiger partial charge in [0.25, 0.3) is 0 Å². The number of nitrogens with one attached hydrogen (secondary N) is 2. The van der Waals surface area contributed by atoms with Crippen LogP contribution in [0.15, 0.2) is 0 Å². The Morgan fingerprint density at radius 1 is 1.36 bits per heavy atom. The summed E-state index contributed by atoms with van der Waals surface area (Å²) in [4.78, 5) is 14.2. The molecule has 0 saturated carbocycles. The largest absolute Gasteiger partial charge is 0.444 e. The van der Waals surface area contributed by atoms with Crippen molar-refractivity contribution in [1.82, 2.24) is 15.5 Å². The number of alkyl carbamates (subject to hydrolysis) is 1. The van der Waals surface area contributed by atoms with E-state index in [9.17, 15) is 4.79 Å². The molecule has 3 atom stereocenters. The zero-order chi connectivity index (χ0) is 16.9. The standard InChI is InChI=1S/C17H35N3O2/c1-12(2)8-14(10-18-16(21)22-17(4,5)6)19-15-9-13(3)20(7)11-15/h12-15,19H,8-11H2,1-7H3,(H,18,21). The second-order valence-electron chi connectivity index (χ2n) is 8.10. The van der Waals surface area contributed by atoms with E-state index in [0.717, 1.165) is 19.4 Å². The lowest BCUT2D eigenvalue weighted by molar-refractivity contribution is 0.0520. The van der Waals surface area contributed by atoms with Crippen molar-refractivity contribution >= 4 is 6.09 Å². The fourth-order valence-corrected chi connectivity index (χ4v) is 2.95. The third-order valence-corrected chi connectivity index (χ3v) is 4.01. The van der Waals surface area contributed by atoms with Crippen molar-refractivity contribution in [2.45, 2.75) is 78.1 Å². The van der Waals surface area contributed by atoms with Crippen molar-refractivity contribution in [2.24, 2.45) is 5.92 Å². The van der Waals surface area contributed by atoms with Gasteiger partial charge in [-0.05, 0) is 53.5 Å². The fraction of sp³-hybridized carbons (Fsp3) is 0.941. The van der Waals surface area contributed by atoms with Gasteiger partial charge in [0.1, 0.15) is 5.60 Å². The van der Waals surface area contributed by atoms with E-state index < -0.39 is 5.60 Å². The minimum atomic E-state index is -0.450. The maximum absolute atomic E-state index is 11.8. The maximum Gasteiger partial charge on any atom is 0.407 e. The Morgan fingerprint density at radius 3 is 2.45 bits per heavy atom. The maximum atomic E-state index is 11.8. The molecular formula is C17H35N3O2. The first-order valence-corrected chi connectivity index (χ1v) is 8.50. The summed E-state index contributed by atoms with van der Waals surface area (Å²) in [6.07, 6.45) is 1.88. The summed E-state index contributed by atoms with van der Waals surface area (Å²) in [5.74, 6) is 0.592. The van der Waals surface area contributed by atoms with Crippen LogP contribution in [0.4, 0.5) is 4.79 Å². The summed E-state index contributed by atoms with van der Waals surface area (Å²) in [6, 6.07) is 1.41. The molecule has 0 spiro atoms. The van der Waals surface area contributed by atoms with Gasteiger partial charge in [-0.2, -0.15) is 0 Å². The average Bonchev–Trinajstić information content (AvgIpc) is 2.62. The van der Waals surface area contributed by atoms with Crippen LogP contribution >= 0.6 is 0 Å². The summed E-state index contributed by atoms with van der Waals surface area (Å²) in [7, 11) is 2.17. The summed E-state index contributed by atoms with van der Waals surface area (Å²) in [6.45, 7) is 14.0. The Bertz CT molecular complexity index is 342. The lowest BCUT2D eigenvalue weighted by Gasteiger charge is -2.26. The molecule has 0 bridgehead atoms. The lowest BCUT2D eigenvalue weighted by atomic mass is 10.0. The summed E-state index contributed by atoms with van der Waals surface area (Å²) in [5, 5.41) is 6.62. The summed E-state index contributed by atoms with van der Waals surface area (Å²) >= 11 is 0. The number of carbonyl (C=O) groups excluding carboxylic acids is 1. The van der Waals surface area contributed by atoms with Crippen molar-refractivity contribution < 1.29 is 9.53 Å². The van der Waals surface area contributed by atoms with Crippen molar-refractivity contribution in [3.8, 4) is 0 Å². The second-order valence-corrected chi connectivity index (χ2v) is 8.10. The molecule has 0 radical (unpaired) electrons. The minimum Gasteiger partial charge on any atom is -0.444 e. The number of likely N-dealkylation sites (tertiary alicyclic amines) is 1. The van der Waals surface area contributed by atoms with Gasteiger partial charge in [0.15, 0.2) is 0 Å². The highest BCUT2D eigenvalue weighted by molar-refractivity contribution is 5.67. The monoisotopic (exact) mass is 313 g/mol. The van der Waals surface area contributed by atoms with Gasteiger partial charge >= 0.3 is 6.09 Å². The predicted molar refractivity (Wildman–Crippen MR) is 91.1 cm³/mol. The van der Waals surface area contributed by atoms with E-state index in [1.807, 2.05) is 20.8 Å². The van der Waals surface area contributed by atoms with Crippen molar-refractivity contribution in [2.75, 3.05) is 20.1 Å². The van der Waals surface area contributed by atoms with Gasteiger partial charge in [-0.15, -0.1) is 0 Å². The molecule has 2 N–H and O–H groups in total. The van der Waals surface area contributed by atoms with Crippen LogP contribution < -0.4 is 10.6 Å². The van der Waals surface area contributed by atoms with Crippen LogP contribution in [0.1, 0.15) is 54.4 Å². The van der Waals surface area contributed by atoms with Gasteiger partial charge in [0.05, 0.1) is 0 Å². The number of ether oxygens (including phenoxy) is 1. The molecule has 1 saturated heterocycles. The van der Waals surface area contributed by atoms with Crippen LogP contribution in [0.25, 0.3) is 0 Å². The summed E-state index contributed by atoms with van der Waals surface area (Å²) in [5.41, 5.74) is -0.450. The van der Waals surface area contributed by atoms with Crippen LogP contribution in [0.3, 0.4) is 0 Å². The Morgan fingerprint density at radius 2 is 2.00 bits per heavy atom. The first-order chi connectivity index (χ1) is 10.1. The Labute approximate surface area is 136 Å². The molecule has 1 heterocycles. The molecule has 0 aromatic carbocycles. The zero-order valence-corrected chi connectivity index (χ0v) is 15.4. The van der Waals surface area contributed by atoms with Crippen LogP contribution in [-0.2, 0) is 4.74 Å². The first kappa shape index (κ1) is 19.2. The molecule has 1 aliphatic heterocycles. The molecule has 22 heavy (non-hydrogen) atoms. The topological polar surface area (TPSA) is 53.6 Å². The molecular weight excluding hydrogens is 278 g/mol. The highest BCUT2D eigenvalue weighted by atomic mass is 16.6. The highest BCUT2D eigenvalue weighted by Crippen LogP contribution is 2.16. The van der Waals surface area contributed by atoms with Crippen LogP contribution in [0.5, 0.6) is 0 Å². The molecule has 130 valence electrons. The van der Waals surface area contributed by atoms with E-state index in [1.54, 1.807) is 0 Å². The Hall–Kier alpha value is -0.810. The molecule has 5 heteroatoms. The molecule has 1 rings (SSSR count). The molecule has 1 amide bonds. The van der Waals surface area contributed by atoms with Crippen LogP contribution in [-0.4, -0.2) is 54.9 Å². The molecule has 1 aliphatic rings. The van der Waals surface area contributed by atoms with Gasteiger partial charge < -0.3 is 20.3 Å². The lowest BCUT2D eigenvalue weighted by Crippen LogP contribution is -2.47. The highest BCUT2D eigenvalue weighted by Gasteiger charge is 2.28. The van der Waals surface area contributed by atoms with E-state index in [1.165, 1.54) is 0 Å². The SMILES string of the molecule is CC(C)CC(CNC(=O)OC(C)(C)C)NC1CC(C)N(C)C1. The van der Waals surface area contributed by atoms with Gasteiger partial charge in [-0.25, -0.2) is 4.79 Å². The predicted octanol–water partition coefficient (Wildman–Crippen LogP) is 2.61. The molecule has 0 aliphatic carbocycles. The fourth-order valence-electron chi connectivity index (χ4n) is 2.95. The van der Waals surface area contributed by atoms with Crippen LogP contribution in [0.2, 0.25) is 0 Å². The quantitative estimate of drug-likeness (QED) is 0.791. The van der Waals surface area contributed by atoms with Gasteiger partial charge in [-0.1, -0.05) is 13.8 Å². The van der Waals surface area contributed by atoms with E-state index >= 15 is 0 Å². The summed E-state index contributed by atoms with van der Waals surface area (Å²) < 4.78 is 5.31. The molecule has 0 aromatic rings. The van der Waals surface area contributed by atoms with E-state index in [0.29, 0.717) is 24.5 Å². The number of likely N-dealkylation sites (N-methyl/N-ethyl adjacent to an activating group) is 1. The number of carbonyl (C=O) groups is 1. The number of rotatable bonds is 6. The normalized spacial score (nSPS) is 24.5. The smallest absolute Gasteiger partial charge is 0.407 e. The van der Waals surface area contributed by atoms with Crippen LogP contribution in [0, 0.1) is 5.92 Å². The third kappa shape index (κ3) is 7.45. The van der Waals surface area contributed by atoms with Gasteiger partial charge in [0.2, 0.25) is 0 Å². The van der Waals surface area contributed by atoms with Crippen molar-refractivity contribution in [3.63, 3.8) is 0 Å². The Kier molecular flexibility index (Phi) is 7.13. The number of nitrogens with zero attached hydrogens (tertiary/aromatic N) is 1. The third-order valence-electron chi connectivity index (χ3n) is 4.01. The average molecular weight is 313 g/mol. The van der Waals surface area contributed by atoms with Crippen molar-refractivity contribution in [1.29, 1.82) is 0 Å². The van der Waals surface area contributed by atoms with Gasteiger partial charge in [0, 0.05) is 31.2 Å². The zero-order valence-electron chi connectivity index (χ0n) is 15.4. The Balaban J connectivity index is 2.45. The molecule has 1 fully saturated rings. The second kappa shape index (κ2) is 8.16. The number of hydrogen-bond acceptors (Lipinski definition) is 4. The molecule has 3 unspecified atom stereocenters. The van der Waals surface area contributed by atoms with Crippen molar-refractivity contribution in [3.05, 3.63) is 0 Å². The van der Waals surface area contributed by atoms with E-state index in [-0.39, 0.29) is 12.1 Å². The molecule has 5 nitrogen and oxygen atoms in total.